The molecule has 4 heteroatoms. The third-order valence-corrected chi connectivity index (χ3v) is 2.23. The number of alkyl halides is 1. The Morgan fingerprint density at radius 3 is 2.79 bits per heavy atom. The third kappa shape index (κ3) is 3.92. The number of nitrogens with zero attached hydrogens (tertiary/aromatic N) is 2. The second-order valence-corrected chi connectivity index (χ2v) is 3.81. The minimum absolute atomic E-state index is 0.394. The van der Waals surface area contributed by atoms with Crippen molar-refractivity contribution >= 4 is 17.4 Å². The van der Waals surface area contributed by atoms with Crippen LogP contribution in [0, 0.1) is 6.92 Å². The fraction of sp³-hybridized carbons (Fsp3) is 0.600. The van der Waals surface area contributed by atoms with E-state index in [0.717, 1.165) is 24.4 Å². The normalized spacial score (nSPS) is 12.5. The zero-order chi connectivity index (χ0) is 10.4. The van der Waals surface area contributed by atoms with Gasteiger partial charge in [0.25, 0.3) is 0 Å². The van der Waals surface area contributed by atoms with Gasteiger partial charge in [0.1, 0.15) is 5.82 Å². The molecular weight excluding hydrogens is 198 g/mol. The van der Waals surface area contributed by atoms with Crippen LogP contribution >= 0.6 is 11.6 Å². The van der Waals surface area contributed by atoms with Gasteiger partial charge in [-0.25, -0.2) is 0 Å². The van der Waals surface area contributed by atoms with Crippen LogP contribution in [0.3, 0.4) is 0 Å². The Bertz CT molecular complexity index is 261. The Labute approximate surface area is 89.9 Å². The van der Waals surface area contributed by atoms with E-state index in [0.29, 0.717) is 11.9 Å². The van der Waals surface area contributed by atoms with E-state index < -0.39 is 0 Å². The lowest BCUT2D eigenvalue weighted by atomic mass is 10.2. The van der Waals surface area contributed by atoms with Crippen molar-refractivity contribution in [2.75, 3.05) is 11.2 Å². The first-order valence-corrected chi connectivity index (χ1v) is 5.38. The van der Waals surface area contributed by atoms with Crippen molar-refractivity contribution in [3.8, 4) is 0 Å². The standard InChI is InChI=1S/C10H16ClN3/c1-8(4-3-7-11)12-10-6-5-9(2)13-14-10/h5-6,8H,3-4,7H2,1-2H3,(H,12,14). The van der Waals surface area contributed by atoms with Crippen LogP contribution in [0.4, 0.5) is 5.82 Å². The number of aryl methyl sites for hydroxylation is 1. The van der Waals surface area contributed by atoms with Crippen LogP contribution in [-0.2, 0) is 0 Å². The van der Waals surface area contributed by atoms with Gasteiger partial charge in [-0.2, -0.15) is 5.10 Å². The largest absolute Gasteiger partial charge is 0.366 e. The van der Waals surface area contributed by atoms with E-state index in [1.807, 2.05) is 19.1 Å². The van der Waals surface area contributed by atoms with E-state index in [2.05, 4.69) is 22.4 Å². The molecule has 0 bridgehead atoms. The Kier molecular flexibility index (Phi) is 4.66. The maximum Gasteiger partial charge on any atom is 0.148 e. The molecule has 1 rings (SSSR count). The average molecular weight is 214 g/mol. The maximum atomic E-state index is 5.61. The van der Waals surface area contributed by atoms with Gasteiger partial charge in [0.05, 0.1) is 5.69 Å². The van der Waals surface area contributed by atoms with Crippen molar-refractivity contribution in [3.63, 3.8) is 0 Å². The molecule has 78 valence electrons. The predicted octanol–water partition coefficient (Wildman–Crippen LogP) is 2.60. The zero-order valence-electron chi connectivity index (χ0n) is 8.63. The topological polar surface area (TPSA) is 37.8 Å². The molecule has 0 saturated heterocycles. The third-order valence-electron chi connectivity index (χ3n) is 1.96. The van der Waals surface area contributed by atoms with E-state index >= 15 is 0 Å². The molecule has 1 aromatic heterocycles. The summed E-state index contributed by atoms with van der Waals surface area (Å²) >= 11 is 5.61. The lowest BCUT2D eigenvalue weighted by Gasteiger charge is -2.12. The SMILES string of the molecule is Cc1ccc(NC(C)CCCCl)nn1. The molecule has 0 aliphatic rings. The summed E-state index contributed by atoms with van der Waals surface area (Å²) in [5.41, 5.74) is 0.934. The van der Waals surface area contributed by atoms with Crippen LogP contribution in [-0.4, -0.2) is 22.1 Å². The molecule has 1 N–H and O–H groups in total. The molecule has 14 heavy (non-hydrogen) atoms. The summed E-state index contributed by atoms with van der Waals surface area (Å²) in [6.45, 7) is 4.04. The van der Waals surface area contributed by atoms with Gasteiger partial charge in [0.2, 0.25) is 0 Å². The minimum atomic E-state index is 0.394. The van der Waals surface area contributed by atoms with Gasteiger partial charge in [0, 0.05) is 11.9 Å². The van der Waals surface area contributed by atoms with Crippen LogP contribution in [0.15, 0.2) is 12.1 Å². The predicted molar refractivity (Wildman–Crippen MR) is 59.8 cm³/mol. The second kappa shape index (κ2) is 5.81. The number of anilines is 1. The molecule has 0 aliphatic heterocycles. The van der Waals surface area contributed by atoms with Crippen LogP contribution < -0.4 is 5.32 Å². The highest BCUT2D eigenvalue weighted by Crippen LogP contribution is 2.07. The number of halogens is 1. The molecule has 0 amide bonds. The summed E-state index contributed by atoms with van der Waals surface area (Å²) in [5.74, 6) is 1.55. The zero-order valence-corrected chi connectivity index (χ0v) is 9.38. The Hall–Kier alpha value is -0.830. The molecule has 1 unspecified atom stereocenters. The molecule has 3 nitrogen and oxygen atoms in total. The lowest BCUT2D eigenvalue weighted by Crippen LogP contribution is -2.16. The Balaban J connectivity index is 2.39. The maximum absolute atomic E-state index is 5.61. The van der Waals surface area contributed by atoms with Crippen molar-refractivity contribution in [1.29, 1.82) is 0 Å². The first-order chi connectivity index (χ1) is 6.72. The monoisotopic (exact) mass is 213 g/mol. The van der Waals surface area contributed by atoms with Gasteiger partial charge in [-0.05, 0) is 38.8 Å². The molecular formula is C10H16ClN3. The van der Waals surface area contributed by atoms with Crippen LogP contribution in [0.25, 0.3) is 0 Å². The Morgan fingerprint density at radius 1 is 1.43 bits per heavy atom. The van der Waals surface area contributed by atoms with Crippen molar-refractivity contribution in [2.45, 2.75) is 32.7 Å². The molecule has 1 aromatic rings. The van der Waals surface area contributed by atoms with E-state index in [-0.39, 0.29) is 0 Å². The summed E-state index contributed by atoms with van der Waals surface area (Å²) in [6.07, 6.45) is 2.08. The molecule has 0 aromatic carbocycles. The second-order valence-electron chi connectivity index (χ2n) is 3.44. The van der Waals surface area contributed by atoms with E-state index in [1.54, 1.807) is 0 Å². The summed E-state index contributed by atoms with van der Waals surface area (Å²) in [7, 11) is 0. The summed E-state index contributed by atoms with van der Waals surface area (Å²) < 4.78 is 0. The summed E-state index contributed by atoms with van der Waals surface area (Å²) in [5, 5.41) is 11.3. The number of rotatable bonds is 5. The number of hydrogen-bond donors (Lipinski definition) is 1. The first kappa shape index (κ1) is 11.2. The van der Waals surface area contributed by atoms with Gasteiger partial charge in [-0.1, -0.05) is 0 Å². The van der Waals surface area contributed by atoms with Crippen molar-refractivity contribution in [1.82, 2.24) is 10.2 Å². The van der Waals surface area contributed by atoms with Crippen LogP contribution in [0.2, 0.25) is 0 Å². The number of hydrogen-bond acceptors (Lipinski definition) is 3. The van der Waals surface area contributed by atoms with Gasteiger partial charge in [-0.15, -0.1) is 16.7 Å². The Morgan fingerprint density at radius 2 is 2.21 bits per heavy atom. The first-order valence-electron chi connectivity index (χ1n) is 4.85. The summed E-state index contributed by atoms with van der Waals surface area (Å²) in [4.78, 5) is 0. The molecule has 0 saturated carbocycles. The molecule has 0 fully saturated rings. The fourth-order valence-electron chi connectivity index (χ4n) is 1.18. The van der Waals surface area contributed by atoms with Crippen LogP contribution in [0.1, 0.15) is 25.5 Å². The molecule has 1 atom stereocenters. The van der Waals surface area contributed by atoms with Crippen molar-refractivity contribution in [3.05, 3.63) is 17.8 Å². The molecule has 0 spiro atoms. The van der Waals surface area contributed by atoms with Gasteiger partial charge in [0.15, 0.2) is 0 Å². The van der Waals surface area contributed by atoms with E-state index in [4.69, 9.17) is 11.6 Å². The minimum Gasteiger partial charge on any atom is -0.366 e. The van der Waals surface area contributed by atoms with E-state index in [9.17, 15) is 0 Å². The number of aromatic nitrogens is 2. The fourth-order valence-corrected chi connectivity index (χ4v) is 1.34. The van der Waals surface area contributed by atoms with Crippen LogP contribution in [0.5, 0.6) is 0 Å². The highest BCUT2D eigenvalue weighted by molar-refractivity contribution is 6.17. The smallest absolute Gasteiger partial charge is 0.148 e. The number of nitrogens with one attached hydrogen (secondary N) is 1. The van der Waals surface area contributed by atoms with Gasteiger partial charge < -0.3 is 5.32 Å². The lowest BCUT2D eigenvalue weighted by molar-refractivity contribution is 0.688. The average Bonchev–Trinajstić information content (AvgIpc) is 2.18. The quantitative estimate of drug-likeness (QED) is 0.765. The highest BCUT2D eigenvalue weighted by atomic mass is 35.5. The highest BCUT2D eigenvalue weighted by Gasteiger charge is 2.02. The molecule has 1 heterocycles. The van der Waals surface area contributed by atoms with Gasteiger partial charge >= 0.3 is 0 Å². The molecule has 0 aliphatic carbocycles. The van der Waals surface area contributed by atoms with E-state index in [1.165, 1.54) is 0 Å². The molecule has 0 radical (unpaired) electrons. The van der Waals surface area contributed by atoms with Crippen molar-refractivity contribution < 1.29 is 0 Å². The van der Waals surface area contributed by atoms with Gasteiger partial charge in [-0.3, -0.25) is 0 Å². The summed E-state index contributed by atoms with van der Waals surface area (Å²) in [6, 6.07) is 4.29. The van der Waals surface area contributed by atoms with Crippen molar-refractivity contribution in [2.24, 2.45) is 0 Å².